The summed E-state index contributed by atoms with van der Waals surface area (Å²) in [5.41, 5.74) is 8.31. The molecule has 1 aromatic rings. The predicted octanol–water partition coefficient (Wildman–Crippen LogP) is 2.35. The molecular weight excluding hydrogens is 186 g/mol. The lowest BCUT2D eigenvalue weighted by molar-refractivity contribution is 0.571. The lowest BCUT2D eigenvalue weighted by Gasteiger charge is -2.13. The van der Waals surface area contributed by atoms with Crippen molar-refractivity contribution in [2.45, 2.75) is 50.9 Å². The van der Waals surface area contributed by atoms with Gasteiger partial charge in [-0.2, -0.15) is 5.10 Å². The van der Waals surface area contributed by atoms with Crippen LogP contribution in [0.25, 0.3) is 0 Å². The first-order valence-electron chi connectivity index (χ1n) is 6.14. The van der Waals surface area contributed by atoms with E-state index >= 15 is 0 Å². The van der Waals surface area contributed by atoms with Crippen LogP contribution >= 0.6 is 0 Å². The number of H-pyrrole nitrogens is 1. The van der Waals surface area contributed by atoms with Gasteiger partial charge in [-0.15, -0.1) is 0 Å². The Kier molecular flexibility index (Phi) is 3.78. The summed E-state index contributed by atoms with van der Waals surface area (Å²) in [4.78, 5) is 0. The van der Waals surface area contributed by atoms with E-state index in [-0.39, 0.29) is 0 Å². The van der Waals surface area contributed by atoms with Gasteiger partial charge in [-0.05, 0) is 31.4 Å². The van der Waals surface area contributed by atoms with E-state index < -0.39 is 0 Å². The molecule has 0 radical (unpaired) electrons. The zero-order valence-corrected chi connectivity index (χ0v) is 9.34. The fourth-order valence-corrected chi connectivity index (χ4v) is 2.60. The largest absolute Gasteiger partial charge is 0.330 e. The molecule has 0 amide bonds. The molecule has 0 saturated heterocycles. The van der Waals surface area contributed by atoms with Crippen LogP contribution in [-0.2, 0) is 6.42 Å². The van der Waals surface area contributed by atoms with Crippen LogP contribution in [0.3, 0.4) is 0 Å². The van der Waals surface area contributed by atoms with E-state index in [1.165, 1.54) is 49.8 Å². The second-order valence-electron chi connectivity index (χ2n) is 4.54. The summed E-state index contributed by atoms with van der Waals surface area (Å²) in [5.74, 6) is 0.705. The van der Waals surface area contributed by atoms with Gasteiger partial charge in [0.1, 0.15) is 0 Å². The molecule has 3 heteroatoms. The molecule has 0 spiro atoms. The zero-order chi connectivity index (χ0) is 10.5. The summed E-state index contributed by atoms with van der Waals surface area (Å²) in [5, 5.41) is 7.35. The molecule has 84 valence electrons. The van der Waals surface area contributed by atoms with Crippen LogP contribution in [0, 0.1) is 0 Å². The van der Waals surface area contributed by atoms with Gasteiger partial charge >= 0.3 is 0 Å². The Labute approximate surface area is 91.4 Å². The topological polar surface area (TPSA) is 54.7 Å². The van der Waals surface area contributed by atoms with Crippen molar-refractivity contribution >= 4 is 0 Å². The van der Waals surface area contributed by atoms with Crippen LogP contribution in [0.1, 0.15) is 55.7 Å². The van der Waals surface area contributed by atoms with Crippen molar-refractivity contribution in [3.05, 3.63) is 17.5 Å². The van der Waals surface area contributed by atoms with Crippen molar-refractivity contribution in [1.29, 1.82) is 0 Å². The quantitative estimate of drug-likeness (QED) is 0.747. The molecule has 1 aliphatic rings. The molecule has 0 aromatic carbocycles. The Morgan fingerprint density at radius 2 is 2.00 bits per heavy atom. The summed E-state index contributed by atoms with van der Waals surface area (Å²) in [6.45, 7) is 0.721. The first-order valence-corrected chi connectivity index (χ1v) is 6.14. The highest BCUT2D eigenvalue weighted by molar-refractivity contribution is 5.21. The highest BCUT2D eigenvalue weighted by Crippen LogP contribution is 2.32. The lowest BCUT2D eigenvalue weighted by Crippen LogP contribution is -2.07. The third-order valence-corrected chi connectivity index (χ3v) is 3.43. The third kappa shape index (κ3) is 2.59. The van der Waals surface area contributed by atoms with Gasteiger partial charge < -0.3 is 5.73 Å². The van der Waals surface area contributed by atoms with Crippen LogP contribution in [0.5, 0.6) is 0 Å². The lowest BCUT2D eigenvalue weighted by atomic mass is 9.93. The highest BCUT2D eigenvalue weighted by Gasteiger charge is 2.18. The number of aromatic nitrogens is 2. The van der Waals surface area contributed by atoms with Crippen molar-refractivity contribution in [3.8, 4) is 0 Å². The number of nitrogens with two attached hydrogens (primary N) is 1. The average molecular weight is 207 g/mol. The summed E-state index contributed by atoms with van der Waals surface area (Å²) >= 11 is 0. The Morgan fingerprint density at radius 1 is 1.27 bits per heavy atom. The van der Waals surface area contributed by atoms with Gasteiger partial charge in [0.25, 0.3) is 0 Å². The molecule has 15 heavy (non-hydrogen) atoms. The molecule has 0 atom stereocenters. The molecule has 0 unspecified atom stereocenters. The minimum atomic E-state index is 0.705. The SMILES string of the molecule is NCCc1cn[nH]c1C1CCCCCC1. The first kappa shape index (κ1) is 10.7. The molecular formula is C12H21N3. The summed E-state index contributed by atoms with van der Waals surface area (Å²) in [7, 11) is 0. The molecule has 1 aromatic heterocycles. The maximum Gasteiger partial charge on any atom is 0.0522 e. The van der Waals surface area contributed by atoms with E-state index in [9.17, 15) is 0 Å². The Balaban J connectivity index is 2.08. The van der Waals surface area contributed by atoms with Gasteiger partial charge in [0.2, 0.25) is 0 Å². The Morgan fingerprint density at radius 3 is 2.67 bits per heavy atom. The normalized spacial score (nSPS) is 19.0. The maximum atomic E-state index is 5.61. The minimum Gasteiger partial charge on any atom is -0.330 e. The molecule has 1 aliphatic carbocycles. The van der Waals surface area contributed by atoms with Crippen molar-refractivity contribution in [3.63, 3.8) is 0 Å². The van der Waals surface area contributed by atoms with Crippen LogP contribution in [0.4, 0.5) is 0 Å². The van der Waals surface area contributed by atoms with Crippen molar-refractivity contribution in [1.82, 2.24) is 10.2 Å². The van der Waals surface area contributed by atoms with E-state index in [2.05, 4.69) is 10.2 Å². The molecule has 0 aliphatic heterocycles. The predicted molar refractivity (Wildman–Crippen MR) is 61.8 cm³/mol. The smallest absolute Gasteiger partial charge is 0.0522 e. The molecule has 0 bridgehead atoms. The van der Waals surface area contributed by atoms with Gasteiger partial charge in [0, 0.05) is 11.6 Å². The zero-order valence-electron chi connectivity index (χ0n) is 9.34. The van der Waals surface area contributed by atoms with Gasteiger partial charge in [-0.3, -0.25) is 5.10 Å². The summed E-state index contributed by atoms with van der Waals surface area (Å²) < 4.78 is 0. The second-order valence-corrected chi connectivity index (χ2v) is 4.54. The van der Waals surface area contributed by atoms with Crippen LogP contribution in [0.15, 0.2) is 6.20 Å². The fourth-order valence-electron chi connectivity index (χ4n) is 2.60. The molecule has 3 nitrogen and oxygen atoms in total. The number of nitrogens with one attached hydrogen (secondary N) is 1. The van der Waals surface area contributed by atoms with Crippen molar-refractivity contribution < 1.29 is 0 Å². The summed E-state index contributed by atoms with van der Waals surface area (Å²) in [6, 6.07) is 0. The van der Waals surface area contributed by atoms with Gasteiger partial charge in [-0.1, -0.05) is 25.7 Å². The Bertz CT molecular complexity index is 285. The van der Waals surface area contributed by atoms with E-state index in [4.69, 9.17) is 5.73 Å². The first-order chi connectivity index (χ1) is 7.42. The number of rotatable bonds is 3. The van der Waals surface area contributed by atoms with Crippen molar-refractivity contribution in [2.24, 2.45) is 5.73 Å². The van der Waals surface area contributed by atoms with E-state index in [0.717, 1.165) is 13.0 Å². The minimum absolute atomic E-state index is 0.705. The monoisotopic (exact) mass is 207 g/mol. The second kappa shape index (κ2) is 5.31. The fraction of sp³-hybridized carbons (Fsp3) is 0.750. The number of aromatic amines is 1. The molecule has 3 N–H and O–H groups in total. The van der Waals surface area contributed by atoms with Crippen LogP contribution in [0.2, 0.25) is 0 Å². The number of hydrogen-bond acceptors (Lipinski definition) is 2. The van der Waals surface area contributed by atoms with Gasteiger partial charge in [0.05, 0.1) is 6.20 Å². The number of nitrogens with zero attached hydrogens (tertiary/aromatic N) is 1. The van der Waals surface area contributed by atoms with Crippen molar-refractivity contribution in [2.75, 3.05) is 6.54 Å². The van der Waals surface area contributed by atoms with E-state index in [0.29, 0.717) is 5.92 Å². The van der Waals surface area contributed by atoms with Crippen LogP contribution < -0.4 is 5.73 Å². The molecule has 1 heterocycles. The standard InChI is InChI=1S/C12H21N3/c13-8-7-11-9-14-15-12(11)10-5-3-1-2-4-6-10/h9-10H,1-8,13H2,(H,14,15). The Hall–Kier alpha value is -0.830. The number of hydrogen-bond donors (Lipinski definition) is 2. The van der Waals surface area contributed by atoms with Gasteiger partial charge in [-0.25, -0.2) is 0 Å². The van der Waals surface area contributed by atoms with E-state index in [1.807, 2.05) is 6.20 Å². The van der Waals surface area contributed by atoms with Crippen LogP contribution in [-0.4, -0.2) is 16.7 Å². The maximum absolute atomic E-state index is 5.61. The highest BCUT2D eigenvalue weighted by atomic mass is 15.1. The van der Waals surface area contributed by atoms with E-state index in [1.54, 1.807) is 0 Å². The third-order valence-electron chi connectivity index (χ3n) is 3.43. The molecule has 1 saturated carbocycles. The summed E-state index contributed by atoms with van der Waals surface area (Å²) in [6.07, 6.45) is 11.1. The van der Waals surface area contributed by atoms with Gasteiger partial charge in [0.15, 0.2) is 0 Å². The average Bonchev–Trinajstić information content (AvgIpc) is 2.53. The molecule has 2 rings (SSSR count). The molecule has 1 fully saturated rings.